The molecule has 4 nitrogen and oxygen atoms in total. The molecule has 1 aliphatic rings. The molecular weight excluding hydrogens is 278 g/mol. The Balaban J connectivity index is 1.63. The maximum atomic E-state index is 12.1. The lowest BCUT2D eigenvalue weighted by atomic mass is 10.1. The van der Waals surface area contributed by atoms with Gasteiger partial charge in [0.2, 0.25) is 5.91 Å². The number of nitrogens with one attached hydrogen (secondary N) is 1. The number of rotatable bonds is 4. The highest BCUT2D eigenvalue weighted by Gasteiger charge is 2.13. The molecule has 3 rings (SSSR count). The fraction of sp³-hybridized carbons (Fsp3) is 0.278. The molecule has 0 aliphatic carbocycles. The Morgan fingerprint density at radius 2 is 1.68 bits per heavy atom. The van der Waals surface area contributed by atoms with Crippen LogP contribution in [-0.4, -0.2) is 19.1 Å². The van der Waals surface area contributed by atoms with E-state index in [-0.39, 0.29) is 5.91 Å². The Kier molecular flexibility index (Phi) is 4.28. The summed E-state index contributed by atoms with van der Waals surface area (Å²) in [5.41, 5.74) is 2.98. The van der Waals surface area contributed by atoms with Gasteiger partial charge < -0.3 is 14.8 Å². The minimum absolute atomic E-state index is 0.0408. The zero-order valence-corrected chi connectivity index (χ0v) is 12.6. The Hall–Kier alpha value is -2.49. The Bertz CT molecular complexity index is 665. The molecule has 1 amide bonds. The maximum absolute atomic E-state index is 12.1. The topological polar surface area (TPSA) is 47.6 Å². The fourth-order valence-corrected chi connectivity index (χ4v) is 2.41. The van der Waals surface area contributed by atoms with Crippen molar-refractivity contribution in [2.24, 2.45) is 0 Å². The van der Waals surface area contributed by atoms with Crippen LogP contribution in [0.4, 0.5) is 5.69 Å². The molecule has 1 heterocycles. The van der Waals surface area contributed by atoms with Crippen LogP contribution in [0.2, 0.25) is 0 Å². The number of hydrogen-bond donors (Lipinski definition) is 1. The van der Waals surface area contributed by atoms with E-state index in [2.05, 4.69) is 12.2 Å². The molecule has 0 unspecified atom stereocenters. The Morgan fingerprint density at radius 3 is 2.41 bits per heavy atom. The van der Waals surface area contributed by atoms with E-state index in [1.807, 2.05) is 42.5 Å². The smallest absolute Gasteiger partial charge is 0.228 e. The zero-order chi connectivity index (χ0) is 15.4. The highest BCUT2D eigenvalue weighted by Crippen LogP contribution is 2.30. The van der Waals surface area contributed by atoms with Crippen LogP contribution in [0.5, 0.6) is 11.5 Å². The molecule has 2 aromatic carbocycles. The minimum atomic E-state index is -0.0408. The van der Waals surface area contributed by atoms with E-state index in [0.29, 0.717) is 25.4 Å². The van der Waals surface area contributed by atoms with Crippen molar-refractivity contribution in [3.05, 3.63) is 53.6 Å². The molecule has 1 N–H and O–H groups in total. The number of aryl methyl sites for hydroxylation is 1. The van der Waals surface area contributed by atoms with Gasteiger partial charge in [-0.15, -0.1) is 0 Å². The van der Waals surface area contributed by atoms with Gasteiger partial charge in [0, 0.05) is 5.69 Å². The second kappa shape index (κ2) is 6.52. The molecule has 0 spiro atoms. The summed E-state index contributed by atoms with van der Waals surface area (Å²) in [5, 5.41) is 2.91. The van der Waals surface area contributed by atoms with Gasteiger partial charge in [-0.3, -0.25) is 4.79 Å². The van der Waals surface area contributed by atoms with E-state index in [9.17, 15) is 4.79 Å². The molecule has 0 saturated heterocycles. The van der Waals surface area contributed by atoms with Crippen molar-refractivity contribution < 1.29 is 14.3 Å². The average molecular weight is 297 g/mol. The highest BCUT2D eigenvalue weighted by atomic mass is 16.6. The number of carbonyl (C=O) groups is 1. The van der Waals surface area contributed by atoms with Gasteiger partial charge in [-0.2, -0.15) is 0 Å². The molecule has 0 bridgehead atoms. The van der Waals surface area contributed by atoms with Crippen molar-refractivity contribution >= 4 is 11.6 Å². The van der Waals surface area contributed by atoms with Crippen molar-refractivity contribution in [3.8, 4) is 11.5 Å². The zero-order valence-electron chi connectivity index (χ0n) is 12.6. The summed E-state index contributed by atoms with van der Waals surface area (Å²) in [7, 11) is 0. The van der Waals surface area contributed by atoms with Crippen LogP contribution in [0.25, 0.3) is 0 Å². The normalized spacial score (nSPS) is 12.8. The largest absolute Gasteiger partial charge is 0.486 e. The van der Waals surface area contributed by atoms with Gasteiger partial charge in [0.15, 0.2) is 11.5 Å². The first-order valence-electron chi connectivity index (χ1n) is 7.52. The third-order valence-corrected chi connectivity index (χ3v) is 3.62. The molecule has 2 aromatic rings. The summed E-state index contributed by atoms with van der Waals surface area (Å²) in [6, 6.07) is 13.5. The van der Waals surface area contributed by atoms with Crippen molar-refractivity contribution in [3.63, 3.8) is 0 Å². The monoisotopic (exact) mass is 297 g/mol. The summed E-state index contributed by atoms with van der Waals surface area (Å²) in [6.45, 7) is 3.22. The van der Waals surface area contributed by atoms with Crippen LogP contribution < -0.4 is 14.8 Å². The molecule has 0 radical (unpaired) electrons. The van der Waals surface area contributed by atoms with Crippen LogP contribution >= 0.6 is 0 Å². The van der Waals surface area contributed by atoms with Crippen LogP contribution in [0.15, 0.2) is 42.5 Å². The van der Waals surface area contributed by atoms with Gasteiger partial charge in [0.25, 0.3) is 0 Å². The van der Waals surface area contributed by atoms with Crippen molar-refractivity contribution in [1.29, 1.82) is 0 Å². The average Bonchev–Trinajstić information content (AvgIpc) is 2.55. The maximum Gasteiger partial charge on any atom is 0.228 e. The fourth-order valence-electron chi connectivity index (χ4n) is 2.41. The number of fused-ring (bicyclic) bond motifs is 1. The van der Waals surface area contributed by atoms with E-state index in [1.165, 1.54) is 5.56 Å². The van der Waals surface area contributed by atoms with E-state index in [4.69, 9.17) is 9.47 Å². The number of benzene rings is 2. The third kappa shape index (κ3) is 3.39. The predicted octanol–water partition coefficient (Wildman–Crippen LogP) is 3.20. The second-order valence-corrected chi connectivity index (χ2v) is 5.25. The van der Waals surface area contributed by atoms with Gasteiger partial charge >= 0.3 is 0 Å². The number of ether oxygens (including phenoxy) is 2. The van der Waals surface area contributed by atoms with Gasteiger partial charge in [-0.05, 0) is 41.8 Å². The summed E-state index contributed by atoms with van der Waals surface area (Å²) in [4.78, 5) is 12.1. The van der Waals surface area contributed by atoms with Crippen LogP contribution in [0.1, 0.15) is 18.1 Å². The van der Waals surface area contributed by atoms with Crippen molar-refractivity contribution in [2.75, 3.05) is 18.5 Å². The molecule has 0 atom stereocenters. The molecule has 22 heavy (non-hydrogen) atoms. The number of anilines is 1. The van der Waals surface area contributed by atoms with Crippen LogP contribution in [-0.2, 0) is 17.6 Å². The lowest BCUT2D eigenvalue weighted by molar-refractivity contribution is -0.115. The molecule has 0 fully saturated rings. The summed E-state index contributed by atoms with van der Waals surface area (Å²) in [5.74, 6) is 1.41. The lowest BCUT2D eigenvalue weighted by Crippen LogP contribution is -2.17. The van der Waals surface area contributed by atoms with Crippen LogP contribution in [0.3, 0.4) is 0 Å². The molecular formula is C18H19NO3. The molecule has 0 saturated carbocycles. The van der Waals surface area contributed by atoms with Crippen molar-refractivity contribution in [2.45, 2.75) is 19.8 Å². The van der Waals surface area contributed by atoms with E-state index >= 15 is 0 Å². The van der Waals surface area contributed by atoms with E-state index < -0.39 is 0 Å². The lowest BCUT2D eigenvalue weighted by Gasteiger charge is -2.18. The van der Waals surface area contributed by atoms with Gasteiger partial charge in [0.1, 0.15) is 13.2 Å². The minimum Gasteiger partial charge on any atom is -0.486 e. The first-order valence-corrected chi connectivity index (χ1v) is 7.52. The van der Waals surface area contributed by atoms with E-state index in [1.54, 1.807) is 0 Å². The predicted molar refractivity (Wildman–Crippen MR) is 85.6 cm³/mol. The van der Waals surface area contributed by atoms with Gasteiger partial charge in [-0.1, -0.05) is 25.1 Å². The molecule has 114 valence electrons. The van der Waals surface area contributed by atoms with E-state index in [0.717, 1.165) is 23.4 Å². The van der Waals surface area contributed by atoms with Crippen molar-refractivity contribution in [1.82, 2.24) is 0 Å². The van der Waals surface area contributed by atoms with Gasteiger partial charge in [-0.25, -0.2) is 0 Å². The number of amides is 1. The number of hydrogen-bond acceptors (Lipinski definition) is 3. The third-order valence-electron chi connectivity index (χ3n) is 3.62. The first-order chi connectivity index (χ1) is 10.7. The van der Waals surface area contributed by atoms with Crippen LogP contribution in [0, 0.1) is 0 Å². The Morgan fingerprint density at radius 1 is 1.00 bits per heavy atom. The number of carbonyl (C=O) groups excluding carboxylic acids is 1. The highest BCUT2D eigenvalue weighted by molar-refractivity contribution is 5.92. The quantitative estimate of drug-likeness (QED) is 0.942. The summed E-state index contributed by atoms with van der Waals surface area (Å²) < 4.78 is 11.0. The summed E-state index contributed by atoms with van der Waals surface area (Å²) >= 11 is 0. The second-order valence-electron chi connectivity index (χ2n) is 5.25. The molecule has 0 aromatic heterocycles. The Labute approximate surface area is 130 Å². The molecule has 4 heteroatoms. The van der Waals surface area contributed by atoms with Gasteiger partial charge in [0.05, 0.1) is 6.42 Å². The standard InChI is InChI=1S/C18H19NO3/c1-2-13-3-6-15(7-4-13)19-18(20)12-14-5-8-16-17(11-14)22-10-9-21-16/h3-8,11H,2,9-10,12H2,1H3,(H,19,20). The molecule has 1 aliphatic heterocycles. The summed E-state index contributed by atoms with van der Waals surface area (Å²) in [6.07, 6.45) is 1.30. The first kappa shape index (κ1) is 14.4. The SMILES string of the molecule is CCc1ccc(NC(=O)Cc2ccc3c(c2)OCCO3)cc1.